The summed E-state index contributed by atoms with van der Waals surface area (Å²) in [6.45, 7) is 1.06. The first-order chi connectivity index (χ1) is 19.0. The van der Waals surface area contributed by atoms with Gasteiger partial charge in [-0.2, -0.15) is 13.8 Å². The van der Waals surface area contributed by atoms with Crippen molar-refractivity contribution in [3.05, 3.63) is 65.6 Å². The molecule has 1 saturated heterocycles. The highest BCUT2D eigenvalue weighted by Gasteiger charge is 2.37. The lowest BCUT2D eigenvalue weighted by molar-refractivity contribution is 0.0380. The third-order valence-electron chi connectivity index (χ3n) is 6.58. The van der Waals surface area contributed by atoms with E-state index in [0.717, 1.165) is 41.5 Å². The molecule has 1 unspecified atom stereocenters. The fourth-order valence-electron chi connectivity index (χ4n) is 4.48. The van der Waals surface area contributed by atoms with E-state index in [-0.39, 0.29) is 24.2 Å². The highest BCUT2D eigenvalue weighted by molar-refractivity contribution is 7.88. The van der Waals surface area contributed by atoms with Gasteiger partial charge in [-0.15, -0.1) is 0 Å². The molecule has 0 aliphatic carbocycles. The van der Waals surface area contributed by atoms with Gasteiger partial charge in [-0.25, -0.2) is 27.1 Å². The number of aromatic nitrogens is 3. The molecule has 0 bridgehead atoms. The largest absolute Gasteiger partial charge is 0.497 e. The van der Waals surface area contributed by atoms with Crippen LogP contribution < -0.4 is 15.4 Å². The fourth-order valence-corrected chi connectivity index (χ4v) is 6.33. The Labute approximate surface area is 233 Å². The van der Waals surface area contributed by atoms with E-state index in [2.05, 4.69) is 25.6 Å². The molecular formula is C26H27F3N6O3S2. The Kier molecular flexibility index (Phi) is 7.84. The van der Waals surface area contributed by atoms with Gasteiger partial charge >= 0.3 is 5.92 Å². The lowest BCUT2D eigenvalue weighted by atomic mass is 10.00. The van der Waals surface area contributed by atoms with E-state index in [0.29, 0.717) is 35.9 Å². The number of nitrogens with zero attached hydrogens (tertiary/aromatic N) is 4. The number of nitrogens with one attached hydrogen (secondary N) is 2. The van der Waals surface area contributed by atoms with Crippen molar-refractivity contribution in [3.63, 3.8) is 0 Å². The number of ether oxygens (including phenoxy) is 1. The van der Waals surface area contributed by atoms with Crippen LogP contribution in [0.1, 0.15) is 24.1 Å². The number of piperidine rings is 1. The predicted molar refractivity (Wildman–Crippen MR) is 149 cm³/mol. The van der Waals surface area contributed by atoms with Crippen molar-refractivity contribution in [2.45, 2.75) is 18.8 Å². The van der Waals surface area contributed by atoms with Crippen molar-refractivity contribution in [2.75, 3.05) is 43.6 Å². The van der Waals surface area contributed by atoms with Crippen LogP contribution in [0, 0.1) is 11.7 Å². The Morgan fingerprint density at radius 3 is 2.62 bits per heavy atom. The van der Waals surface area contributed by atoms with Gasteiger partial charge in [0, 0.05) is 31.3 Å². The van der Waals surface area contributed by atoms with Crippen LogP contribution in [0.5, 0.6) is 5.75 Å². The maximum Gasteiger partial charge on any atom is 0.315 e. The van der Waals surface area contributed by atoms with E-state index in [1.807, 2.05) is 6.07 Å². The average molecular weight is 593 g/mol. The molecule has 9 nitrogen and oxygen atoms in total. The van der Waals surface area contributed by atoms with Crippen molar-refractivity contribution >= 4 is 48.5 Å². The van der Waals surface area contributed by atoms with E-state index in [1.165, 1.54) is 21.9 Å². The van der Waals surface area contributed by atoms with Gasteiger partial charge in [0.1, 0.15) is 23.1 Å². The molecule has 2 aromatic carbocycles. The third kappa shape index (κ3) is 6.29. The summed E-state index contributed by atoms with van der Waals surface area (Å²) in [6.07, 6.45) is 2.63. The Balaban J connectivity index is 1.44. The van der Waals surface area contributed by atoms with Crippen molar-refractivity contribution < 1.29 is 26.3 Å². The standard InChI is InChI=1S/C26H27F3N6O3S2/c1-38-19-9-10-20-21(12-19)39-25(31-20)34-23-13-22(26(28,29)17-5-7-18(27)8-6-17)32-24(33-23)30-14-16-4-3-11-35(15-16)40(2,36)37/h5-10,12-13,16H,3-4,11,14-15H2,1-2H3,(H2,30,31,32,33,34). The minimum absolute atomic E-state index is 0.0519. The molecule has 0 radical (unpaired) electrons. The summed E-state index contributed by atoms with van der Waals surface area (Å²) in [4.78, 5) is 13.0. The molecular weight excluding hydrogens is 565 g/mol. The van der Waals surface area contributed by atoms with Gasteiger partial charge in [0.25, 0.3) is 0 Å². The molecule has 2 N–H and O–H groups in total. The van der Waals surface area contributed by atoms with E-state index < -0.39 is 33.0 Å². The molecule has 0 saturated carbocycles. The van der Waals surface area contributed by atoms with Gasteiger partial charge in [0.15, 0.2) is 5.13 Å². The molecule has 0 amide bonds. The quantitative estimate of drug-likeness (QED) is 0.273. The van der Waals surface area contributed by atoms with Crippen molar-refractivity contribution in [2.24, 2.45) is 5.92 Å². The fraction of sp³-hybridized carbons (Fsp3) is 0.346. The number of hydrogen-bond acceptors (Lipinski definition) is 9. The zero-order valence-electron chi connectivity index (χ0n) is 21.7. The van der Waals surface area contributed by atoms with Crippen LogP contribution in [0.2, 0.25) is 0 Å². The molecule has 40 heavy (non-hydrogen) atoms. The average Bonchev–Trinajstić information content (AvgIpc) is 3.33. The molecule has 212 valence electrons. The molecule has 3 heterocycles. The van der Waals surface area contributed by atoms with E-state index >= 15 is 8.78 Å². The molecule has 0 spiro atoms. The zero-order chi connectivity index (χ0) is 28.5. The lowest BCUT2D eigenvalue weighted by Crippen LogP contribution is -2.41. The number of alkyl halides is 2. The summed E-state index contributed by atoms with van der Waals surface area (Å²) >= 11 is 1.30. The number of hydrogen-bond donors (Lipinski definition) is 2. The first-order valence-electron chi connectivity index (χ1n) is 12.5. The number of sulfonamides is 1. The van der Waals surface area contributed by atoms with Gasteiger partial charge in [0.2, 0.25) is 16.0 Å². The summed E-state index contributed by atoms with van der Waals surface area (Å²) in [6, 6.07) is 10.5. The van der Waals surface area contributed by atoms with E-state index in [4.69, 9.17) is 4.74 Å². The van der Waals surface area contributed by atoms with Crippen LogP contribution >= 0.6 is 11.3 Å². The first-order valence-corrected chi connectivity index (χ1v) is 15.1. The summed E-state index contributed by atoms with van der Waals surface area (Å²) < 4.78 is 76.1. The van der Waals surface area contributed by atoms with Crippen LogP contribution in [-0.4, -0.2) is 60.7 Å². The minimum Gasteiger partial charge on any atom is -0.497 e. The molecule has 2 aromatic heterocycles. The highest BCUT2D eigenvalue weighted by atomic mass is 32.2. The van der Waals surface area contributed by atoms with Crippen LogP contribution in [0.4, 0.5) is 30.1 Å². The van der Waals surface area contributed by atoms with Crippen LogP contribution in [-0.2, 0) is 15.9 Å². The van der Waals surface area contributed by atoms with Crippen molar-refractivity contribution in [3.8, 4) is 5.75 Å². The maximum atomic E-state index is 15.6. The topological polar surface area (TPSA) is 109 Å². The second kappa shape index (κ2) is 11.2. The lowest BCUT2D eigenvalue weighted by Gasteiger charge is -2.31. The first kappa shape index (κ1) is 28.1. The molecule has 14 heteroatoms. The van der Waals surface area contributed by atoms with Gasteiger partial charge in [0.05, 0.1) is 23.6 Å². The number of thiazole rings is 1. The second-order valence-corrected chi connectivity index (χ2v) is 12.5. The minimum atomic E-state index is -3.55. The van der Waals surface area contributed by atoms with Crippen molar-refractivity contribution in [1.82, 2.24) is 19.3 Å². The van der Waals surface area contributed by atoms with Gasteiger partial charge in [-0.1, -0.05) is 11.3 Å². The predicted octanol–water partition coefficient (Wildman–Crippen LogP) is 5.20. The van der Waals surface area contributed by atoms with Crippen LogP contribution in [0.15, 0.2) is 48.5 Å². The number of fused-ring (bicyclic) bond motifs is 1. The Morgan fingerprint density at radius 2 is 1.90 bits per heavy atom. The highest BCUT2D eigenvalue weighted by Crippen LogP contribution is 2.37. The molecule has 4 aromatic rings. The summed E-state index contributed by atoms with van der Waals surface area (Å²) in [5, 5.41) is 6.45. The zero-order valence-corrected chi connectivity index (χ0v) is 23.3. The normalized spacial score (nSPS) is 16.7. The Hall–Kier alpha value is -3.49. The van der Waals surface area contributed by atoms with Gasteiger partial charge in [-0.05, 0) is 61.2 Å². The van der Waals surface area contributed by atoms with Crippen molar-refractivity contribution in [1.29, 1.82) is 0 Å². The van der Waals surface area contributed by atoms with Crippen LogP contribution in [0.25, 0.3) is 10.2 Å². The number of methoxy groups -OCH3 is 1. The SMILES string of the molecule is COc1ccc2nc(Nc3cc(C(F)(F)c4ccc(F)cc4)nc(NCC4CCCN(S(C)(=O)=O)C4)n3)sc2c1. The van der Waals surface area contributed by atoms with E-state index in [1.54, 1.807) is 19.2 Å². The van der Waals surface area contributed by atoms with Crippen LogP contribution in [0.3, 0.4) is 0 Å². The molecule has 1 aliphatic rings. The summed E-state index contributed by atoms with van der Waals surface area (Å²) in [7, 11) is -1.77. The second-order valence-electron chi connectivity index (χ2n) is 9.53. The number of benzene rings is 2. The number of halogens is 3. The third-order valence-corrected chi connectivity index (χ3v) is 8.79. The Bertz CT molecular complexity index is 1620. The molecule has 5 rings (SSSR count). The molecule has 1 atom stereocenters. The number of rotatable bonds is 9. The van der Waals surface area contributed by atoms with Gasteiger partial charge in [-0.3, -0.25) is 0 Å². The maximum absolute atomic E-state index is 15.6. The van der Waals surface area contributed by atoms with Gasteiger partial charge < -0.3 is 15.4 Å². The summed E-state index contributed by atoms with van der Waals surface area (Å²) in [5.41, 5.74) is -0.318. The van der Waals surface area contributed by atoms with E-state index in [9.17, 15) is 12.8 Å². The Morgan fingerprint density at radius 1 is 1.12 bits per heavy atom. The summed E-state index contributed by atoms with van der Waals surface area (Å²) in [5.74, 6) is -3.54. The number of anilines is 3. The monoisotopic (exact) mass is 592 g/mol. The molecule has 1 aliphatic heterocycles. The smallest absolute Gasteiger partial charge is 0.315 e. The molecule has 1 fully saturated rings.